The Morgan fingerprint density at radius 2 is 1.73 bits per heavy atom. The first-order valence-electron chi connectivity index (χ1n) is 5.29. The summed E-state index contributed by atoms with van der Waals surface area (Å²) in [6.45, 7) is 8.21. The highest BCUT2D eigenvalue weighted by Crippen LogP contribution is 2.05. The van der Waals surface area contributed by atoms with Gasteiger partial charge in [-0.1, -0.05) is 35.8 Å². The summed E-state index contributed by atoms with van der Waals surface area (Å²) in [6, 6.07) is 0. The Hall–Kier alpha value is -1.48. The van der Waals surface area contributed by atoms with E-state index < -0.39 is 0 Å². The van der Waals surface area contributed by atoms with E-state index in [1.165, 1.54) is 11.1 Å². The van der Waals surface area contributed by atoms with Gasteiger partial charge in [0.1, 0.15) is 0 Å². The molecule has 0 aliphatic rings. The van der Waals surface area contributed by atoms with Gasteiger partial charge in [0, 0.05) is 0 Å². The molecule has 0 N–H and O–H groups in total. The molecule has 0 aromatic heterocycles. The van der Waals surface area contributed by atoms with Gasteiger partial charge < -0.3 is 0 Å². The Labute approximate surface area is 93.7 Å². The van der Waals surface area contributed by atoms with Crippen LogP contribution in [0.25, 0.3) is 0 Å². The first-order valence-corrected chi connectivity index (χ1v) is 5.29. The van der Waals surface area contributed by atoms with Crippen molar-refractivity contribution in [3.63, 3.8) is 0 Å². The van der Waals surface area contributed by atoms with E-state index in [0.717, 1.165) is 6.42 Å². The van der Waals surface area contributed by atoms with Gasteiger partial charge in [-0.3, -0.25) is 0 Å². The molecule has 0 aromatic carbocycles. The molecule has 0 nitrogen and oxygen atoms in total. The van der Waals surface area contributed by atoms with Gasteiger partial charge in [0.05, 0.1) is 0 Å². The summed E-state index contributed by atoms with van der Waals surface area (Å²) in [5, 5.41) is 0. The van der Waals surface area contributed by atoms with Crippen LogP contribution >= 0.6 is 0 Å². The molecule has 0 rings (SSSR count). The van der Waals surface area contributed by atoms with Gasteiger partial charge in [0.15, 0.2) is 0 Å². The zero-order valence-corrected chi connectivity index (χ0v) is 10.2. The van der Waals surface area contributed by atoms with Crippen molar-refractivity contribution in [1.82, 2.24) is 0 Å². The first-order chi connectivity index (χ1) is 7.22. The molecule has 0 unspecified atom stereocenters. The van der Waals surface area contributed by atoms with E-state index in [2.05, 4.69) is 37.5 Å². The molecule has 0 saturated carbocycles. The third kappa shape index (κ3) is 7.58. The topological polar surface area (TPSA) is 0 Å². The largest absolute Gasteiger partial charge is 0.0913 e. The highest BCUT2D eigenvalue weighted by molar-refractivity contribution is 5.29. The molecular weight excluding hydrogens is 180 g/mol. The molecule has 15 heavy (non-hydrogen) atoms. The highest BCUT2D eigenvalue weighted by Gasteiger charge is 1.85. The van der Waals surface area contributed by atoms with E-state index >= 15 is 0 Å². The van der Waals surface area contributed by atoms with E-state index in [1.54, 1.807) is 0 Å². The Morgan fingerprint density at radius 1 is 1.00 bits per heavy atom. The molecule has 0 radical (unpaired) electrons. The summed E-state index contributed by atoms with van der Waals surface area (Å²) in [7, 11) is 0. The van der Waals surface area contributed by atoms with Crippen molar-refractivity contribution in [1.29, 1.82) is 0 Å². The Morgan fingerprint density at radius 3 is 2.33 bits per heavy atom. The lowest BCUT2D eigenvalue weighted by Crippen LogP contribution is -1.73. The summed E-state index contributed by atoms with van der Waals surface area (Å²) in [4.78, 5) is 0. The molecule has 0 spiro atoms. The lowest BCUT2D eigenvalue weighted by Gasteiger charge is -1.93. The Balaban J connectivity index is 4.52. The van der Waals surface area contributed by atoms with E-state index in [4.69, 9.17) is 0 Å². The fourth-order valence-electron chi connectivity index (χ4n) is 0.967. The molecule has 0 heterocycles. The Bertz CT molecular complexity index is 349. The summed E-state index contributed by atoms with van der Waals surface area (Å²) in [5.41, 5.74) is 8.52. The van der Waals surface area contributed by atoms with Crippen LogP contribution in [0.1, 0.15) is 34.1 Å². The van der Waals surface area contributed by atoms with Crippen LogP contribution in [0.5, 0.6) is 0 Å². The van der Waals surface area contributed by atoms with Crippen LogP contribution < -0.4 is 0 Å². The zero-order chi connectivity index (χ0) is 11.5. The predicted molar refractivity (Wildman–Crippen MR) is 68.8 cm³/mol. The van der Waals surface area contributed by atoms with Crippen molar-refractivity contribution < 1.29 is 0 Å². The third-order valence-corrected chi connectivity index (χ3v) is 2.00. The van der Waals surface area contributed by atoms with E-state index in [9.17, 15) is 0 Å². The van der Waals surface area contributed by atoms with Gasteiger partial charge in [-0.15, -0.1) is 0 Å². The normalized spacial score (nSPS) is 12.3. The molecule has 80 valence electrons. The smallest absolute Gasteiger partial charge is 0.00835 e. The van der Waals surface area contributed by atoms with Crippen LogP contribution in [0.3, 0.4) is 0 Å². The monoisotopic (exact) mass is 200 g/mol. The van der Waals surface area contributed by atoms with Gasteiger partial charge in [0.25, 0.3) is 0 Å². The molecular formula is C15H20. The average Bonchev–Trinajstić information content (AvgIpc) is 2.23. The van der Waals surface area contributed by atoms with Crippen LogP contribution in [0.2, 0.25) is 0 Å². The van der Waals surface area contributed by atoms with Crippen LogP contribution in [0.15, 0.2) is 59.1 Å². The average molecular weight is 200 g/mol. The molecule has 0 aromatic rings. The standard InChI is InChI=1S/C15H20/c1-5-7-8-9-10-11-13-15(4)14(3)12-6-2/h5-7,9,12-13H,8H2,1-4H3. The fraction of sp³-hybridized carbons (Fsp3) is 0.333. The second-order valence-electron chi connectivity index (χ2n) is 3.31. The molecule has 0 bridgehead atoms. The highest BCUT2D eigenvalue weighted by atomic mass is 13.9. The van der Waals surface area contributed by atoms with Crippen LogP contribution in [-0.4, -0.2) is 0 Å². The molecule has 0 fully saturated rings. The number of allylic oxidation sites excluding steroid dienone is 8. The number of rotatable bonds is 4. The van der Waals surface area contributed by atoms with E-state index in [1.807, 2.05) is 38.2 Å². The summed E-state index contributed by atoms with van der Waals surface area (Å²) >= 11 is 0. The molecule has 0 amide bonds. The van der Waals surface area contributed by atoms with Crippen LogP contribution in [0, 0.1) is 0 Å². The number of hydrogen-bond donors (Lipinski definition) is 0. The fourth-order valence-corrected chi connectivity index (χ4v) is 0.967. The van der Waals surface area contributed by atoms with Crippen LogP contribution in [0.4, 0.5) is 0 Å². The van der Waals surface area contributed by atoms with Crippen molar-refractivity contribution in [3.8, 4) is 0 Å². The maximum Gasteiger partial charge on any atom is -0.00835 e. The maximum atomic E-state index is 3.03. The second kappa shape index (κ2) is 9.09. The van der Waals surface area contributed by atoms with Crippen molar-refractivity contribution >= 4 is 0 Å². The molecule has 0 aliphatic carbocycles. The minimum atomic E-state index is 0.925. The summed E-state index contributed by atoms with van der Waals surface area (Å²) in [6.07, 6.45) is 13.1. The van der Waals surface area contributed by atoms with Gasteiger partial charge in [0.2, 0.25) is 0 Å². The molecule has 0 saturated heterocycles. The lowest BCUT2D eigenvalue weighted by atomic mass is 10.1. The minimum Gasteiger partial charge on any atom is -0.0913 e. The zero-order valence-electron chi connectivity index (χ0n) is 10.2. The first kappa shape index (κ1) is 13.5. The maximum absolute atomic E-state index is 3.03. The van der Waals surface area contributed by atoms with Gasteiger partial charge in [-0.2, -0.15) is 0 Å². The minimum absolute atomic E-state index is 0.925. The molecule has 0 heteroatoms. The molecule has 0 aliphatic heterocycles. The Kier molecular flexibility index (Phi) is 8.19. The number of hydrogen-bond acceptors (Lipinski definition) is 0. The molecule has 0 atom stereocenters. The predicted octanol–water partition coefficient (Wildman–Crippen LogP) is 4.73. The van der Waals surface area contributed by atoms with Crippen molar-refractivity contribution in [3.05, 3.63) is 59.1 Å². The summed E-state index contributed by atoms with van der Waals surface area (Å²) < 4.78 is 0. The summed E-state index contributed by atoms with van der Waals surface area (Å²) in [5.74, 6) is 0. The van der Waals surface area contributed by atoms with E-state index in [0.29, 0.717) is 0 Å². The SMILES string of the molecule is CC=CCC=C=C=CC(C)=C(C)C=CC. The third-order valence-electron chi connectivity index (χ3n) is 2.00. The lowest BCUT2D eigenvalue weighted by molar-refractivity contribution is 1.37. The van der Waals surface area contributed by atoms with Gasteiger partial charge >= 0.3 is 0 Å². The second-order valence-corrected chi connectivity index (χ2v) is 3.31. The van der Waals surface area contributed by atoms with Gasteiger partial charge in [-0.05, 0) is 57.4 Å². The van der Waals surface area contributed by atoms with Crippen molar-refractivity contribution in [2.24, 2.45) is 0 Å². The van der Waals surface area contributed by atoms with Crippen molar-refractivity contribution in [2.45, 2.75) is 34.1 Å². The van der Waals surface area contributed by atoms with Gasteiger partial charge in [-0.25, -0.2) is 0 Å². The van der Waals surface area contributed by atoms with Crippen LogP contribution in [-0.2, 0) is 0 Å². The quantitative estimate of drug-likeness (QED) is 0.349. The van der Waals surface area contributed by atoms with E-state index in [-0.39, 0.29) is 0 Å². The van der Waals surface area contributed by atoms with Crippen molar-refractivity contribution in [2.75, 3.05) is 0 Å².